The monoisotopic (exact) mass is 298 g/mol. The Labute approximate surface area is 123 Å². The van der Waals surface area contributed by atoms with Crippen molar-refractivity contribution in [3.05, 3.63) is 23.8 Å². The summed E-state index contributed by atoms with van der Waals surface area (Å²) < 4.78 is 0. The number of aryl methyl sites for hydroxylation is 1. The molecule has 7 heteroatoms. The molecule has 0 saturated carbocycles. The van der Waals surface area contributed by atoms with Crippen molar-refractivity contribution in [3.63, 3.8) is 0 Å². The fraction of sp³-hybridized carbons (Fsp3) is 0.571. The molecular formula is C14H22N2O5. The molecule has 5 N–H and O–H groups in total. The van der Waals surface area contributed by atoms with Crippen LogP contribution in [0.15, 0.2) is 18.2 Å². The lowest BCUT2D eigenvalue weighted by Gasteiger charge is -2.30. The van der Waals surface area contributed by atoms with E-state index in [4.69, 9.17) is 10.2 Å². The fourth-order valence-corrected chi connectivity index (χ4v) is 2.60. The number of aliphatic hydroxyl groups excluding tert-OH is 5. The summed E-state index contributed by atoms with van der Waals surface area (Å²) >= 11 is 0. The van der Waals surface area contributed by atoms with Crippen LogP contribution in [0.25, 0.3) is 0 Å². The first-order valence-electron chi connectivity index (χ1n) is 6.88. The zero-order valence-corrected chi connectivity index (χ0v) is 11.9. The van der Waals surface area contributed by atoms with E-state index in [1.165, 1.54) is 0 Å². The van der Waals surface area contributed by atoms with Crippen molar-refractivity contribution < 1.29 is 25.5 Å². The zero-order valence-electron chi connectivity index (χ0n) is 11.9. The van der Waals surface area contributed by atoms with E-state index in [0.29, 0.717) is 0 Å². The summed E-state index contributed by atoms with van der Waals surface area (Å²) in [6.45, 7) is 1.23. The molecule has 0 bridgehead atoms. The molecule has 0 amide bonds. The van der Waals surface area contributed by atoms with Crippen LogP contribution in [0.3, 0.4) is 0 Å². The van der Waals surface area contributed by atoms with E-state index in [9.17, 15) is 15.3 Å². The summed E-state index contributed by atoms with van der Waals surface area (Å²) in [5.41, 5.74) is 2.39. The molecular weight excluding hydrogens is 276 g/mol. The number of hydrogen-bond donors (Lipinski definition) is 5. The van der Waals surface area contributed by atoms with E-state index < -0.39 is 31.8 Å². The van der Waals surface area contributed by atoms with E-state index in [2.05, 4.69) is 0 Å². The van der Waals surface area contributed by atoms with Gasteiger partial charge in [0.2, 0.25) is 6.35 Å². The lowest BCUT2D eigenvalue weighted by molar-refractivity contribution is 0.0729. The fourth-order valence-electron chi connectivity index (χ4n) is 2.60. The highest BCUT2D eigenvalue weighted by atomic mass is 16.3. The Kier molecular flexibility index (Phi) is 5.02. The summed E-state index contributed by atoms with van der Waals surface area (Å²) in [5.74, 6) is 0. The van der Waals surface area contributed by atoms with Crippen LogP contribution in [0.4, 0.5) is 11.4 Å². The van der Waals surface area contributed by atoms with Crippen molar-refractivity contribution in [3.8, 4) is 0 Å². The maximum Gasteiger partial charge on any atom is 0.208 e. The second-order valence-electron chi connectivity index (χ2n) is 5.27. The number of rotatable bonds is 6. The van der Waals surface area contributed by atoms with Crippen molar-refractivity contribution in [2.75, 3.05) is 36.1 Å². The van der Waals surface area contributed by atoms with E-state index >= 15 is 0 Å². The van der Waals surface area contributed by atoms with Gasteiger partial charge < -0.3 is 35.3 Å². The molecule has 0 spiro atoms. The number of aliphatic hydroxyl groups is 5. The van der Waals surface area contributed by atoms with Gasteiger partial charge in [-0.1, -0.05) is 12.1 Å². The van der Waals surface area contributed by atoms with E-state index in [-0.39, 0.29) is 13.1 Å². The third-order valence-corrected chi connectivity index (χ3v) is 3.61. The van der Waals surface area contributed by atoms with Gasteiger partial charge in [0.05, 0.1) is 49.9 Å². The number of fused-ring (bicyclic) bond motifs is 1. The third-order valence-electron chi connectivity index (χ3n) is 3.61. The molecule has 1 aromatic rings. The number of benzene rings is 1. The van der Waals surface area contributed by atoms with E-state index in [0.717, 1.165) is 16.9 Å². The van der Waals surface area contributed by atoms with Crippen LogP contribution in [0, 0.1) is 6.92 Å². The van der Waals surface area contributed by atoms with Gasteiger partial charge >= 0.3 is 0 Å². The van der Waals surface area contributed by atoms with Gasteiger partial charge in [-0.2, -0.15) is 0 Å². The predicted octanol–water partition coefficient (Wildman–Crippen LogP) is -1.40. The molecule has 0 aromatic heterocycles. The molecule has 3 unspecified atom stereocenters. The largest absolute Gasteiger partial charge is 0.394 e. The second-order valence-corrected chi connectivity index (χ2v) is 5.27. The highest BCUT2D eigenvalue weighted by molar-refractivity contribution is 5.80. The standard InChI is InChI=1S/C14H22N2O5/c1-9-3-2-4-12-13(9)16(6-11(20)8-18)14(21)15(12)5-10(19)7-17/h2-4,10-11,14,17-21H,5-8H2,1H3. The molecule has 1 aromatic carbocycles. The van der Waals surface area contributed by atoms with Gasteiger partial charge in [-0.25, -0.2) is 0 Å². The highest BCUT2D eigenvalue weighted by Crippen LogP contribution is 2.41. The van der Waals surface area contributed by atoms with Crippen LogP contribution >= 0.6 is 0 Å². The number of anilines is 2. The number of nitrogens with zero attached hydrogens (tertiary/aromatic N) is 2. The molecule has 118 valence electrons. The topological polar surface area (TPSA) is 108 Å². The minimum Gasteiger partial charge on any atom is -0.394 e. The molecule has 1 aliphatic rings. The first-order valence-corrected chi connectivity index (χ1v) is 6.88. The van der Waals surface area contributed by atoms with Crippen LogP contribution in [-0.2, 0) is 0 Å². The Hall–Kier alpha value is -1.38. The first-order chi connectivity index (χ1) is 9.99. The van der Waals surface area contributed by atoms with Gasteiger partial charge in [0.25, 0.3) is 0 Å². The molecule has 0 radical (unpaired) electrons. The molecule has 21 heavy (non-hydrogen) atoms. The minimum absolute atomic E-state index is 0.0693. The maximum atomic E-state index is 10.4. The van der Waals surface area contributed by atoms with Crippen molar-refractivity contribution in [2.24, 2.45) is 0 Å². The summed E-state index contributed by atoms with van der Waals surface area (Å²) in [6.07, 6.45) is -3.02. The molecule has 2 rings (SSSR count). The Morgan fingerprint density at radius 1 is 1.05 bits per heavy atom. The summed E-state index contributed by atoms with van der Waals surface area (Å²) in [6, 6.07) is 5.53. The highest BCUT2D eigenvalue weighted by Gasteiger charge is 2.37. The summed E-state index contributed by atoms with van der Waals surface area (Å²) in [7, 11) is 0. The second kappa shape index (κ2) is 6.59. The third kappa shape index (κ3) is 3.12. The van der Waals surface area contributed by atoms with Gasteiger partial charge in [0, 0.05) is 0 Å². The van der Waals surface area contributed by atoms with E-state index in [1.54, 1.807) is 15.9 Å². The molecule has 7 nitrogen and oxygen atoms in total. The minimum atomic E-state index is -1.07. The smallest absolute Gasteiger partial charge is 0.208 e. The normalized spacial score (nSPS) is 20.6. The van der Waals surface area contributed by atoms with Gasteiger partial charge in [-0.05, 0) is 18.6 Å². The predicted molar refractivity (Wildman–Crippen MR) is 78.1 cm³/mol. The summed E-state index contributed by atoms with van der Waals surface area (Å²) in [4.78, 5) is 3.14. The van der Waals surface area contributed by atoms with Crippen molar-refractivity contribution in [2.45, 2.75) is 25.5 Å². The number of hydrogen-bond acceptors (Lipinski definition) is 7. The molecule has 0 fully saturated rings. The summed E-state index contributed by atoms with van der Waals surface area (Å²) in [5, 5.41) is 47.7. The van der Waals surface area contributed by atoms with Crippen LogP contribution in [-0.4, -0.2) is 70.4 Å². The average molecular weight is 298 g/mol. The Morgan fingerprint density at radius 2 is 1.62 bits per heavy atom. The zero-order chi connectivity index (χ0) is 15.6. The lowest BCUT2D eigenvalue weighted by Crippen LogP contribution is -2.49. The van der Waals surface area contributed by atoms with Gasteiger partial charge in [0.15, 0.2) is 0 Å². The van der Waals surface area contributed by atoms with Crippen molar-refractivity contribution in [1.29, 1.82) is 0 Å². The quantitative estimate of drug-likeness (QED) is 0.440. The van der Waals surface area contributed by atoms with Crippen LogP contribution in [0.2, 0.25) is 0 Å². The molecule has 3 atom stereocenters. The van der Waals surface area contributed by atoms with Crippen LogP contribution < -0.4 is 9.80 Å². The van der Waals surface area contributed by atoms with Crippen LogP contribution in [0.1, 0.15) is 5.56 Å². The van der Waals surface area contributed by atoms with Crippen LogP contribution in [0.5, 0.6) is 0 Å². The van der Waals surface area contributed by atoms with Crippen molar-refractivity contribution in [1.82, 2.24) is 0 Å². The Bertz CT molecular complexity index is 484. The Morgan fingerprint density at radius 3 is 2.19 bits per heavy atom. The van der Waals surface area contributed by atoms with Crippen molar-refractivity contribution >= 4 is 11.4 Å². The van der Waals surface area contributed by atoms with Gasteiger partial charge in [-0.15, -0.1) is 0 Å². The number of β-amino-alcohol motifs (C(OH)–C–C–N with tert-alkyl or cyclic N) is 2. The Balaban J connectivity index is 2.33. The number of para-hydroxylation sites is 1. The lowest BCUT2D eigenvalue weighted by atomic mass is 10.1. The molecule has 0 aliphatic carbocycles. The van der Waals surface area contributed by atoms with E-state index in [1.807, 2.05) is 19.1 Å². The van der Waals surface area contributed by atoms with Gasteiger partial charge in [0.1, 0.15) is 0 Å². The maximum absolute atomic E-state index is 10.4. The molecule has 1 aliphatic heterocycles. The SMILES string of the molecule is Cc1cccc2c1N(CC(O)CO)C(O)N2CC(O)CO. The average Bonchev–Trinajstić information content (AvgIpc) is 2.73. The van der Waals surface area contributed by atoms with Gasteiger partial charge in [-0.3, -0.25) is 0 Å². The molecule has 1 heterocycles. The first kappa shape index (κ1) is 16.0. The molecule has 0 saturated heterocycles.